The molecule has 0 radical (unpaired) electrons. The number of nitriles is 1. The van der Waals surface area contributed by atoms with Crippen LogP contribution in [0.3, 0.4) is 0 Å². The summed E-state index contributed by atoms with van der Waals surface area (Å²) in [7, 11) is 0. The first-order valence-electron chi connectivity index (χ1n) is 9.95. The van der Waals surface area contributed by atoms with Crippen LogP contribution >= 0.6 is 0 Å². The van der Waals surface area contributed by atoms with Gasteiger partial charge in [-0.1, -0.05) is 18.2 Å². The van der Waals surface area contributed by atoms with Crippen molar-refractivity contribution in [2.75, 3.05) is 18.1 Å². The van der Waals surface area contributed by atoms with E-state index in [0.717, 1.165) is 16.7 Å². The minimum atomic E-state index is -0.570. The maximum atomic E-state index is 12.8. The molecule has 0 saturated carbocycles. The summed E-state index contributed by atoms with van der Waals surface area (Å²) in [6, 6.07) is 16.7. The van der Waals surface area contributed by atoms with Gasteiger partial charge in [0.2, 0.25) is 0 Å². The lowest BCUT2D eigenvalue weighted by atomic mass is 10.1. The van der Waals surface area contributed by atoms with Crippen molar-refractivity contribution in [3.05, 3.63) is 83.2 Å². The van der Waals surface area contributed by atoms with E-state index in [-0.39, 0.29) is 18.9 Å². The Morgan fingerprint density at radius 1 is 1.13 bits per heavy atom. The van der Waals surface area contributed by atoms with E-state index in [0.29, 0.717) is 17.8 Å². The Morgan fingerprint density at radius 3 is 2.45 bits per heavy atom. The lowest BCUT2D eigenvalue weighted by molar-refractivity contribution is -0.121. The molecular formula is C24H24N4O3. The number of carbonyl (C=O) groups is 2. The molecule has 0 aliphatic heterocycles. The Bertz CT molecular complexity index is 1060. The van der Waals surface area contributed by atoms with E-state index in [1.165, 1.54) is 4.90 Å². The highest BCUT2D eigenvalue weighted by Crippen LogP contribution is 2.19. The number of ether oxygens (including phenoxy) is 1. The normalized spacial score (nSPS) is 10.4. The van der Waals surface area contributed by atoms with Crippen LogP contribution in [0, 0.1) is 25.2 Å². The van der Waals surface area contributed by atoms with E-state index < -0.39 is 12.6 Å². The Labute approximate surface area is 181 Å². The van der Waals surface area contributed by atoms with E-state index in [1.807, 2.05) is 56.4 Å². The zero-order chi connectivity index (χ0) is 22.2. The Balaban J connectivity index is 1.63. The summed E-state index contributed by atoms with van der Waals surface area (Å²) in [6.07, 6.45) is 3.76. The minimum absolute atomic E-state index is 0.185. The van der Waals surface area contributed by atoms with Gasteiger partial charge in [-0.15, -0.1) is 0 Å². The smallest absolute Gasteiger partial charge is 0.338 e. The van der Waals surface area contributed by atoms with Gasteiger partial charge in [0, 0.05) is 24.6 Å². The number of anilines is 1. The molecule has 0 aliphatic rings. The molecule has 0 saturated heterocycles. The predicted octanol–water partition coefficient (Wildman–Crippen LogP) is 3.65. The fourth-order valence-corrected chi connectivity index (χ4v) is 3.28. The maximum absolute atomic E-state index is 12.8. The van der Waals surface area contributed by atoms with Crippen LogP contribution in [0.4, 0.5) is 5.69 Å². The average Bonchev–Trinajstić information content (AvgIpc) is 3.25. The average molecular weight is 416 g/mol. The largest absolute Gasteiger partial charge is 0.452 e. The second-order valence-corrected chi connectivity index (χ2v) is 7.28. The Kier molecular flexibility index (Phi) is 7.17. The number of benzene rings is 2. The number of rotatable bonds is 8. The summed E-state index contributed by atoms with van der Waals surface area (Å²) in [5.41, 5.74) is 4.08. The van der Waals surface area contributed by atoms with Gasteiger partial charge in [-0.05, 0) is 60.9 Å². The first kappa shape index (κ1) is 21.8. The molecule has 3 rings (SSSR count). The second-order valence-electron chi connectivity index (χ2n) is 7.28. The quantitative estimate of drug-likeness (QED) is 0.523. The van der Waals surface area contributed by atoms with Crippen molar-refractivity contribution in [2.24, 2.45) is 0 Å². The molecule has 3 aromatic rings. The number of aromatic nitrogens is 2. The molecule has 2 aromatic carbocycles. The number of nitrogens with zero attached hydrogens (tertiary/aromatic N) is 4. The van der Waals surface area contributed by atoms with Crippen LogP contribution in [-0.4, -0.2) is 34.8 Å². The Hall–Kier alpha value is -3.92. The second kappa shape index (κ2) is 10.2. The van der Waals surface area contributed by atoms with E-state index in [9.17, 15) is 9.59 Å². The van der Waals surface area contributed by atoms with Gasteiger partial charge in [0.25, 0.3) is 5.91 Å². The summed E-state index contributed by atoms with van der Waals surface area (Å²) in [5.74, 6) is -0.941. The van der Waals surface area contributed by atoms with Crippen molar-refractivity contribution in [3.63, 3.8) is 0 Å². The molecule has 1 heterocycles. The van der Waals surface area contributed by atoms with E-state index in [2.05, 4.69) is 11.2 Å². The summed E-state index contributed by atoms with van der Waals surface area (Å²) < 4.78 is 7.03. The van der Waals surface area contributed by atoms with Crippen LogP contribution in [-0.2, 0) is 16.1 Å². The molecule has 0 bridgehead atoms. The third kappa shape index (κ3) is 6.03. The molecule has 0 atom stereocenters. The van der Waals surface area contributed by atoms with E-state index in [4.69, 9.17) is 10.00 Å². The van der Waals surface area contributed by atoms with Crippen molar-refractivity contribution < 1.29 is 14.3 Å². The molecular weight excluding hydrogens is 392 g/mol. The van der Waals surface area contributed by atoms with E-state index in [1.54, 1.807) is 23.0 Å². The third-order valence-electron chi connectivity index (χ3n) is 4.69. The van der Waals surface area contributed by atoms with Crippen LogP contribution in [0.25, 0.3) is 0 Å². The van der Waals surface area contributed by atoms with Gasteiger partial charge in [0.1, 0.15) is 0 Å². The SMILES string of the molecule is Cc1cc(C)cc(N(CCC#N)C(=O)COC(=O)c2ccc(Cn3cccn3)cc2)c1. The molecule has 158 valence electrons. The van der Waals surface area contributed by atoms with Crippen LogP contribution in [0.5, 0.6) is 0 Å². The van der Waals surface area contributed by atoms with Crippen molar-refractivity contribution in [1.29, 1.82) is 5.26 Å². The van der Waals surface area contributed by atoms with Crippen LogP contribution in [0.2, 0.25) is 0 Å². The number of esters is 1. The first-order chi connectivity index (χ1) is 15.0. The number of hydrogen-bond acceptors (Lipinski definition) is 5. The molecule has 0 aliphatic carbocycles. The molecule has 0 fully saturated rings. The topological polar surface area (TPSA) is 88.2 Å². The van der Waals surface area contributed by atoms with Crippen LogP contribution < -0.4 is 4.90 Å². The number of amides is 1. The molecule has 7 heteroatoms. The number of aryl methyl sites for hydroxylation is 2. The molecule has 0 N–H and O–H groups in total. The van der Waals surface area contributed by atoms with Crippen LogP contribution in [0.1, 0.15) is 33.5 Å². The highest BCUT2D eigenvalue weighted by Gasteiger charge is 2.19. The van der Waals surface area contributed by atoms with Gasteiger partial charge >= 0.3 is 5.97 Å². The molecule has 7 nitrogen and oxygen atoms in total. The number of hydrogen-bond donors (Lipinski definition) is 0. The highest BCUT2D eigenvalue weighted by molar-refractivity contribution is 5.97. The summed E-state index contributed by atoms with van der Waals surface area (Å²) in [5, 5.41) is 13.1. The van der Waals surface area contributed by atoms with Crippen molar-refractivity contribution in [2.45, 2.75) is 26.8 Å². The van der Waals surface area contributed by atoms with Crippen molar-refractivity contribution in [3.8, 4) is 6.07 Å². The first-order valence-corrected chi connectivity index (χ1v) is 9.95. The van der Waals surface area contributed by atoms with Gasteiger partial charge in [-0.2, -0.15) is 10.4 Å². The standard InChI is InChI=1S/C24H24N4O3/c1-18-13-19(2)15-22(14-18)28(12-3-9-25)23(29)17-31-24(30)21-7-5-20(6-8-21)16-27-11-4-10-26-27/h4-8,10-11,13-15H,3,12,16-17H2,1-2H3. The van der Waals surface area contributed by atoms with Crippen molar-refractivity contribution >= 4 is 17.6 Å². The fraction of sp³-hybridized carbons (Fsp3) is 0.250. The van der Waals surface area contributed by atoms with Crippen molar-refractivity contribution in [1.82, 2.24) is 9.78 Å². The Morgan fingerprint density at radius 2 is 1.84 bits per heavy atom. The van der Waals surface area contributed by atoms with Gasteiger partial charge in [-0.3, -0.25) is 9.48 Å². The summed E-state index contributed by atoms with van der Waals surface area (Å²) in [4.78, 5) is 26.7. The monoisotopic (exact) mass is 416 g/mol. The zero-order valence-corrected chi connectivity index (χ0v) is 17.6. The van der Waals surface area contributed by atoms with Gasteiger partial charge in [-0.25, -0.2) is 4.79 Å². The summed E-state index contributed by atoms with van der Waals surface area (Å²) >= 11 is 0. The minimum Gasteiger partial charge on any atom is -0.452 e. The zero-order valence-electron chi connectivity index (χ0n) is 17.6. The molecule has 31 heavy (non-hydrogen) atoms. The lowest BCUT2D eigenvalue weighted by Gasteiger charge is -2.22. The number of carbonyl (C=O) groups excluding carboxylic acids is 2. The molecule has 1 amide bonds. The van der Waals surface area contributed by atoms with E-state index >= 15 is 0 Å². The summed E-state index contributed by atoms with van der Waals surface area (Å²) in [6.45, 7) is 4.33. The highest BCUT2D eigenvalue weighted by atomic mass is 16.5. The molecule has 1 aromatic heterocycles. The van der Waals surface area contributed by atoms with Gasteiger partial charge < -0.3 is 9.64 Å². The third-order valence-corrected chi connectivity index (χ3v) is 4.69. The van der Waals surface area contributed by atoms with Crippen LogP contribution in [0.15, 0.2) is 60.9 Å². The fourth-order valence-electron chi connectivity index (χ4n) is 3.28. The lowest BCUT2D eigenvalue weighted by Crippen LogP contribution is -2.35. The van der Waals surface area contributed by atoms with Gasteiger partial charge in [0.05, 0.1) is 24.6 Å². The predicted molar refractivity (Wildman–Crippen MR) is 117 cm³/mol. The molecule has 0 spiro atoms. The molecule has 0 unspecified atom stereocenters. The van der Waals surface area contributed by atoms with Gasteiger partial charge in [0.15, 0.2) is 6.61 Å². The maximum Gasteiger partial charge on any atom is 0.338 e.